The Kier molecular flexibility index (Phi) is 5.18. The van der Waals surface area contributed by atoms with Crippen molar-refractivity contribution in [2.45, 2.75) is 12.8 Å². The van der Waals surface area contributed by atoms with Gasteiger partial charge in [-0.1, -0.05) is 12.1 Å². The van der Waals surface area contributed by atoms with E-state index >= 15 is 0 Å². The van der Waals surface area contributed by atoms with Gasteiger partial charge < -0.3 is 15.5 Å². The lowest BCUT2D eigenvalue weighted by Gasteiger charge is -2.17. The molecule has 1 fully saturated rings. The molecule has 2 aromatic carbocycles. The molecular formula is C18H20BrN3O. The van der Waals surface area contributed by atoms with E-state index in [1.165, 1.54) is 18.5 Å². The van der Waals surface area contributed by atoms with Crippen molar-refractivity contribution in [3.8, 4) is 0 Å². The van der Waals surface area contributed by atoms with E-state index in [4.69, 9.17) is 0 Å². The first kappa shape index (κ1) is 15.9. The lowest BCUT2D eigenvalue weighted by molar-refractivity contribution is -0.114. The Balaban J connectivity index is 1.52. The SMILES string of the molecule is O=C(CNc1ccccc1Br)Nc1ccc(N2CCCC2)cc1. The number of halogens is 1. The van der Waals surface area contributed by atoms with E-state index in [1.54, 1.807) is 0 Å². The van der Waals surface area contributed by atoms with Crippen LogP contribution in [-0.2, 0) is 4.79 Å². The molecule has 0 unspecified atom stereocenters. The molecule has 1 saturated heterocycles. The fourth-order valence-electron chi connectivity index (χ4n) is 2.72. The summed E-state index contributed by atoms with van der Waals surface area (Å²) in [5.41, 5.74) is 2.96. The lowest BCUT2D eigenvalue weighted by atomic mass is 10.2. The van der Waals surface area contributed by atoms with Gasteiger partial charge in [0.2, 0.25) is 5.91 Å². The third kappa shape index (κ3) is 4.26. The molecule has 0 bridgehead atoms. The highest BCUT2D eigenvalue weighted by molar-refractivity contribution is 9.10. The van der Waals surface area contributed by atoms with Gasteiger partial charge in [0, 0.05) is 34.6 Å². The third-order valence-electron chi connectivity index (χ3n) is 3.94. The number of nitrogens with zero attached hydrogens (tertiary/aromatic N) is 1. The monoisotopic (exact) mass is 373 g/mol. The van der Waals surface area contributed by atoms with Crippen molar-refractivity contribution in [1.82, 2.24) is 0 Å². The quantitative estimate of drug-likeness (QED) is 0.828. The first-order chi connectivity index (χ1) is 11.2. The molecule has 0 saturated carbocycles. The van der Waals surface area contributed by atoms with Crippen LogP contribution >= 0.6 is 15.9 Å². The Hall–Kier alpha value is -2.01. The van der Waals surface area contributed by atoms with Gasteiger partial charge in [-0.05, 0) is 65.2 Å². The van der Waals surface area contributed by atoms with Crippen LogP contribution in [0.15, 0.2) is 53.0 Å². The van der Waals surface area contributed by atoms with Crippen LogP contribution in [0.3, 0.4) is 0 Å². The Morgan fingerprint density at radius 2 is 1.74 bits per heavy atom. The minimum atomic E-state index is -0.0605. The van der Waals surface area contributed by atoms with Gasteiger partial charge in [0.1, 0.15) is 0 Å². The Labute approximate surface area is 145 Å². The van der Waals surface area contributed by atoms with Crippen molar-refractivity contribution in [3.63, 3.8) is 0 Å². The van der Waals surface area contributed by atoms with Crippen LogP contribution in [-0.4, -0.2) is 25.5 Å². The minimum Gasteiger partial charge on any atom is -0.375 e. The van der Waals surface area contributed by atoms with Crippen LogP contribution in [0.1, 0.15) is 12.8 Å². The summed E-state index contributed by atoms with van der Waals surface area (Å²) in [6.45, 7) is 2.49. The molecule has 1 aliphatic heterocycles. The molecular weight excluding hydrogens is 354 g/mol. The molecule has 23 heavy (non-hydrogen) atoms. The van der Waals surface area contributed by atoms with Gasteiger partial charge in [0.25, 0.3) is 0 Å². The van der Waals surface area contributed by atoms with Gasteiger partial charge in [-0.2, -0.15) is 0 Å². The number of anilines is 3. The molecule has 5 heteroatoms. The van der Waals surface area contributed by atoms with Crippen molar-refractivity contribution < 1.29 is 4.79 Å². The lowest BCUT2D eigenvalue weighted by Crippen LogP contribution is -2.22. The van der Waals surface area contributed by atoms with Gasteiger partial charge >= 0.3 is 0 Å². The maximum atomic E-state index is 12.0. The molecule has 4 nitrogen and oxygen atoms in total. The third-order valence-corrected chi connectivity index (χ3v) is 4.63. The molecule has 0 aromatic heterocycles. The second-order valence-corrected chi connectivity index (χ2v) is 6.48. The van der Waals surface area contributed by atoms with E-state index in [0.717, 1.165) is 28.9 Å². The second-order valence-electron chi connectivity index (χ2n) is 5.62. The van der Waals surface area contributed by atoms with Crippen LogP contribution in [0.5, 0.6) is 0 Å². The van der Waals surface area contributed by atoms with Crippen molar-refractivity contribution in [2.75, 3.05) is 35.2 Å². The molecule has 2 aromatic rings. The highest BCUT2D eigenvalue weighted by atomic mass is 79.9. The van der Waals surface area contributed by atoms with Crippen molar-refractivity contribution >= 4 is 38.9 Å². The Bertz CT molecular complexity index is 666. The summed E-state index contributed by atoms with van der Waals surface area (Å²) >= 11 is 3.45. The van der Waals surface area contributed by atoms with Crippen LogP contribution in [0.2, 0.25) is 0 Å². The predicted octanol–water partition coefficient (Wildman–Crippen LogP) is 4.10. The number of hydrogen-bond acceptors (Lipinski definition) is 3. The fourth-order valence-corrected chi connectivity index (χ4v) is 3.14. The molecule has 3 rings (SSSR count). The zero-order valence-electron chi connectivity index (χ0n) is 12.9. The Morgan fingerprint density at radius 3 is 2.43 bits per heavy atom. The molecule has 0 aliphatic carbocycles. The first-order valence-electron chi connectivity index (χ1n) is 7.85. The normalized spacial score (nSPS) is 13.9. The minimum absolute atomic E-state index is 0.0605. The topological polar surface area (TPSA) is 44.4 Å². The van der Waals surface area contributed by atoms with Crippen LogP contribution < -0.4 is 15.5 Å². The van der Waals surface area contributed by atoms with Gasteiger partial charge in [-0.15, -0.1) is 0 Å². The summed E-state index contributed by atoms with van der Waals surface area (Å²) in [7, 11) is 0. The van der Waals surface area contributed by atoms with E-state index in [9.17, 15) is 4.79 Å². The summed E-state index contributed by atoms with van der Waals surface area (Å²) in [5, 5.41) is 6.04. The van der Waals surface area contributed by atoms with Crippen molar-refractivity contribution in [3.05, 3.63) is 53.0 Å². The Morgan fingerprint density at radius 1 is 1.04 bits per heavy atom. The number of rotatable bonds is 5. The van der Waals surface area contributed by atoms with Gasteiger partial charge in [0.15, 0.2) is 0 Å². The summed E-state index contributed by atoms with van der Waals surface area (Å²) in [6, 6.07) is 15.8. The number of para-hydroxylation sites is 1. The molecule has 1 aliphatic rings. The van der Waals surface area contributed by atoms with E-state index in [0.29, 0.717) is 0 Å². The van der Waals surface area contributed by atoms with Gasteiger partial charge in [0.05, 0.1) is 6.54 Å². The largest absolute Gasteiger partial charge is 0.375 e. The zero-order valence-corrected chi connectivity index (χ0v) is 14.5. The smallest absolute Gasteiger partial charge is 0.243 e. The van der Waals surface area contributed by atoms with Gasteiger partial charge in [-0.3, -0.25) is 4.79 Å². The predicted molar refractivity (Wildman–Crippen MR) is 99.2 cm³/mol. The first-order valence-corrected chi connectivity index (χ1v) is 8.65. The molecule has 0 spiro atoms. The average molecular weight is 374 g/mol. The van der Waals surface area contributed by atoms with Crippen LogP contribution in [0.25, 0.3) is 0 Å². The number of carbonyl (C=O) groups excluding carboxylic acids is 1. The molecule has 0 radical (unpaired) electrons. The zero-order chi connectivity index (χ0) is 16.1. The maximum absolute atomic E-state index is 12.0. The molecule has 1 heterocycles. The summed E-state index contributed by atoms with van der Waals surface area (Å²) in [5.74, 6) is -0.0605. The number of nitrogens with one attached hydrogen (secondary N) is 2. The summed E-state index contributed by atoms with van der Waals surface area (Å²) in [6.07, 6.45) is 2.53. The van der Waals surface area contributed by atoms with E-state index in [2.05, 4.69) is 43.6 Å². The van der Waals surface area contributed by atoms with E-state index in [1.807, 2.05) is 36.4 Å². The second kappa shape index (κ2) is 7.51. The number of amides is 1. The average Bonchev–Trinajstić information content (AvgIpc) is 3.09. The highest BCUT2D eigenvalue weighted by Crippen LogP contribution is 2.22. The van der Waals surface area contributed by atoms with E-state index < -0.39 is 0 Å². The summed E-state index contributed by atoms with van der Waals surface area (Å²) in [4.78, 5) is 14.4. The number of benzene rings is 2. The van der Waals surface area contributed by atoms with E-state index in [-0.39, 0.29) is 12.5 Å². The molecule has 120 valence electrons. The maximum Gasteiger partial charge on any atom is 0.243 e. The van der Waals surface area contributed by atoms with Crippen LogP contribution in [0, 0.1) is 0 Å². The van der Waals surface area contributed by atoms with Crippen molar-refractivity contribution in [2.24, 2.45) is 0 Å². The van der Waals surface area contributed by atoms with Crippen molar-refractivity contribution in [1.29, 1.82) is 0 Å². The molecule has 1 amide bonds. The van der Waals surface area contributed by atoms with Crippen LogP contribution in [0.4, 0.5) is 17.1 Å². The van der Waals surface area contributed by atoms with Gasteiger partial charge in [-0.25, -0.2) is 0 Å². The highest BCUT2D eigenvalue weighted by Gasteiger charge is 2.12. The number of carbonyl (C=O) groups is 1. The molecule has 2 N–H and O–H groups in total. The standard InChI is InChI=1S/C18H20BrN3O/c19-16-5-1-2-6-17(16)20-13-18(23)21-14-7-9-15(10-8-14)22-11-3-4-12-22/h1-2,5-10,20H,3-4,11-13H2,(H,21,23). The summed E-state index contributed by atoms with van der Waals surface area (Å²) < 4.78 is 0.947. The fraction of sp³-hybridized carbons (Fsp3) is 0.278. The molecule has 0 atom stereocenters. The number of hydrogen-bond donors (Lipinski definition) is 2.